The van der Waals surface area contributed by atoms with Gasteiger partial charge in [0.2, 0.25) is 0 Å². The molecule has 1 aliphatic carbocycles. The van der Waals surface area contributed by atoms with Crippen molar-refractivity contribution in [1.29, 1.82) is 0 Å². The number of nitrogens with zero attached hydrogens (tertiary/aromatic N) is 2. The van der Waals surface area contributed by atoms with Crippen molar-refractivity contribution >= 4 is 5.97 Å². The van der Waals surface area contributed by atoms with Crippen molar-refractivity contribution in [2.24, 2.45) is 0 Å². The van der Waals surface area contributed by atoms with Crippen LogP contribution >= 0.6 is 0 Å². The third-order valence-electron chi connectivity index (χ3n) is 4.58. The molecule has 5 nitrogen and oxygen atoms in total. The van der Waals surface area contributed by atoms with Crippen LogP contribution in [0, 0.1) is 0 Å². The Balaban J connectivity index is 2.28. The summed E-state index contributed by atoms with van der Waals surface area (Å²) in [6.45, 7) is 6.88. The van der Waals surface area contributed by atoms with Gasteiger partial charge in [-0.3, -0.25) is 9.48 Å². The lowest BCUT2D eigenvalue weighted by Crippen LogP contribution is -2.55. The average Bonchev–Trinajstić information content (AvgIpc) is 2.91. The Bertz CT molecular complexity index is 494. The second-order valence-corrected chi connectivity index (χ2v) is 5.95. The predicted molar refractivity (Wildman–Crippen MR) is 82.5 cm³/mol. The van der Waals surface area contributed by atoms with Crippen LogP contribution < -0.4 is 5.32 Å². The summed E-state index contributed by atoms with van der Waals surface area (Å²) in [5.41, 5.74) is 1.53. The zero-order valence-electron chi connectivity index (χ0n) is 13.4. The monoisotopic (exact) mass is 293 g/mol. The summed E-state index contributed by atoms with van der Waals surface area (Å²) >= 11 is 0. The van der Waals surface area contributed by atoms with E-state index in [4.69, 9.17) is 5.10 Å². The first-order valence-electron chi connectivity index (χ1n) is 8.12. The summed E-state index contributed by atoms with van der Waals surface area (Å²) in [7, 11) is 0. The van der Waals surface area contributed by atoms with Crippen LogP contribution in [0.3, 0.4) is 0 Å². The fourth-order valence-corrected chi connectivity index (χ4v) is 3.47. The lowest BCUT2D eigenvalue weighted by molar-refractivity contribution is -0.147. The van der Waals surface area contributed by atoms with Gasteiger partial charge < -0.3 is 10.4 Å². The van der Waals surface area contributed by atoms with E-state index in [0.717, 1.165) is 31.4 Å². The Kier molecular flexibility index (Phi) is 5.04. The van der Waals surface area contributed by atoms with Gasteiger partial charge >= 0.3 is 5.97 Å². The van der Waals surface area contributed by atoms with Crippen LogP contribution in [-0.4, -0.2) is 32.9 Å². The molecule has 1 heterocycles. The molecule has 1 saturated carbocycles. The second-order valence-electron chi connectivity index (χ2n) is 5.95. The smallest absolute Gasteiger partial charge is 0.323 e. The Morgan fingerprint density at radius 2 is 2.24 bits per heavy atom. The molecule has 1 aromatic heterocycles. The van der Waals surface area contributed by atoms with Crippen molar-refractivity contribution in [3.63, 3.8) is 0 Å². The van der Waals surface area contributed by atoms with Crippen molar-refractivity contribution in [1.82, 2.24) is 15.1 Å². The number of carboxylic acids is 1. The summed E-state index contributed by atoms with van der Waals surface area (Å²) in [5.74, 6) is -0.727. The molecular weight excluding hydrogens is 266 g/mol. The first-order valence-corrected chi connectivity index (χ1v) is 8.12. The zero-order chi connectivity index (χ0) is 15.5. The first kappa shape index (κ1) is 16.0. The van der Waals surface area contributed by atoms with Crippen molar-refractivity contribution < 1.29 is 9.90 Å². The first-order chi connectivity index (χ1) is 10.1. The third kappa shape index (κ3) is 3.12. The van der Waals surface area contributed by atoms with Gasteiger partial charge in [-0.25, -0.2) is 0 Å². The number of aliphatic carboxylic acids is 1. The molecule has 0 bridgehead atoms. The Morgan fingerprint density at radius 3 is 2.81 bits per heavy atom. The summed E-state index contributed by atoms with van der Waals surface area (Å²) in [6, 6.07) is 2.34. The number of aromatic nitrogens is 2. The number of rotatable bonds is 6. The van der Waals surface area contributed by atoms with E-state index >= 15 is 0 Å². The number of aryl methyl sites for hydroxylation is 2. The van der Waals surface area contributed by atoms with E-state index in [-0.39, 0.29) is 6.04 Å². The van der Waals surface area contributed by atoms with Crippen molar-refractivity contribution in [2.45, 2.75) is 70.9 Å². The molecule has 2 rings (SSSR count). The van der Waals surface area contributed by atoms with E-state index in [9.17, 15) is 9.90 Å². The number of hydrogen-bond acceptors (Lipinski definition) is 3. The molecule has 0 aliphatic heterocycles. The second kappa shape index (κ2) is 6.60. The van der Waals surface area contributed by atoms with Crippen LogP contribution in [0.15, 0.2) is 6.07 Å². The molecular formula is C16H27N3O2. The standard InChI is InChI=1S/C16H27N3O2/c1-4-12-10-13(5-2)19(18-12)14-8-7-9-16(11-14,15(20)21)17-6-3/h10,14,17H,4-9,11H2,1-3H3,(H,20,21). The minimum atomic E-state index is -0.791. The van der Waals surface area contributed by atoms with Gasteiger partial charge in [-0.05, 0) is 51.1 Å². The predicted octanol–water partition coefficient (Wildman–Crippen LogP) is 2.56. The summed E-state index contributed by atoms with van der Waals surface area (Å²) in [5, 5.41) is 17.6. The Labute approximate surface area is 126 Å². The van der Waals surface area contributed by atoms with Crippen LogP contribution in [0.1, 0.15) is 63.9 Å². The SMILES string of the molecule is CCNC1(C(=O)O)CCCC(n2nc(CC)cc2CC)C1. The largest absolute Gasteiger partial charge is 0.480 e. The molecule has 2 atom stereocenters. The number of hydrogen-bond donors (Lipinski definition) is 2. The molecule has 0 radical (unpaired) electrons. The number of nitrogens with one attached hydrogen (secondary N) is 1. The molecule has 2 N–H and O–H groups in total. The van der Waals surface area contributed by atoms with E-state index in [0.29, 0.717) is 19.4 Å². The summed E-state index contributed by atoms with van der Waals surface area (Å²) in [6.07, 6.45) is 5.12. The molecule has 1 fully saturated rings. The molecule has 1 aromatic rings. The summed E-state index contributed by atoms with van der Waals surface area (Å²) in [4.78, 5) is 11.8. The highest BCUT2D eigenvalue weighted by atomic mass is 16.4. The highest BCUT2D eigenvalue weighted by molar-refractivity contribution is 5.79. The van der Waals surface area contributed by atoms with Crippen molar-refractivity contribution in [3.05, 3.63) is 17.5 Å². The van der Waals surface area contributed by atoms with E-state index in [1.54, 1.807) is 0 Å². The minimum Gasteiger partial charge on any atom is -0.480 e. The van der Waals surface area contributed by atoms with Crippen LogP contribution in [0.5, 0.6) is 0 Å². The van der Waals surface area contributed by atoms with Gasteiger partial charge in [0.05, 0.1) is 11.7 Å². The van der Waals surface area contributed by atoms with E-state index in [2.05, 4.69) is 29.9 Å². The molecule has 1 aliphatic rings. The average molecular weight is 293 g/mol. The highest BCUT2D eigenvalue weighted by Gasteiger charge is 2.43. The maximum absolute atomic E-state index is 11.8. The molecule has 118 valence electrons. The quantitative estimate of drug-likeness (QED) is 0.846. The van der Waals surface area contributed by atoms with E-state index in [1.807, 2.05) is 6.92 Å². The molecule has 0 amide bonds. The number of likely N-dealkylation sites (N-methyl/N-ethyl adjacent to an activating group) is 1. The number of carboxylic acid groups (broad SMARTS) is 1. The van der Waals surface area contributed by atoms with Crippen molar-refractivity contribution in [2.75, 3.05) is 6.54 Å². The van der Waals surface area contributed by atoms with Crippen LogP contribution in [0.4, 0.5) is 0 Å². The summed E-state index contributed by atoms with van der Waals surface area (Å²) < 4.78 is 2.09. The van der Waals surface area contributed by atoms with Gasteiger partial charge in [0.15, 0.2) is 0 Å². The van der Waals surface area contributed by atoms with Gasteiger partial charge in [0, 0.05) is 5.69 Å². The zero-order valence-corrected chi connectivity index (χ0v) is 13.4. The van der Waals surface area contributed by atoms with E-state index < -0.39 is 11.5 Å². The molecule has 0 aromatic carbocycles. The fourth-order valence-electron chi connectivity index (χ4n) is 3.47. The number of carbonyl (C=O) groups is 1. The fraction of sp³-hybridized carbons (Fsp3) is 0.750. The highest BCUT2D eigenvalue weighted by Crippen LogP contribution is 2.36. The van der Waals surface area contributed by atoms with Crippen molar-refractivity contribution in [3.8, 4) is 0 Å². The van der Waals surface area contributed by atoms with Gasteiger partial charge in [-0.1, -0.05) is 20.8 Å². The van der Waals surface area contributed by atoms with Crippen LogP contribution in [0.2, 0.25) is 0 Å². The van der Waals surface area contributed by atoms with Crippen LogP contribution in [0.25, 0.3) is 0 Å². The maximum atomic E-state index is 11.8. The van der Waals surface area contributed by atoms with Gasteiger partial charge in [-0.15, -0.1) is 0 Å². The van der Waals surface area contributed by atoms with Gasteiger partial charge in [-0.2, -0.15) is 5.10 Å². The lowest BCUT2D eigenvalue weighted by atomic mass is 9.78. The maximum Gasteiger partial charge on any atom is 0.323 e. The van der Waals surface area contributed by atoms with Gasteiger partial charge in [0.25, 0.3) is 0 Å². The van der Waals surface area contributed by atoms with Crippen LogP contribution in [-0.2, 0) is 17.6 Å². The molecule has 0 spiro atoms. The topological polar surface area (TPSA) is 67.2 Å². The van der Waals surface area contributed by atoms with Gasteiger partial charge in [0.1, 0.15) is 5.54 Å². The molecule has 0 saturated heterocycles. The molecule has 2 unspecified atom stereocenters. The molecule has 21 heavy (non-hydrogen) atoms. The Hall–Kier alpha value is -1.36. The minimum absolute atomic E-state index is 0.184. The normalized spacial score (nSPS) is 26.0. The third-order valence-corrected chi connectivity index (χ3v) is 4.58. The van der Waals surface area contributed by atoms with E-state index in [1.165, 1.54) is 5.69 Å². The Morgan fingerprint density at radius 1 is 1.48 bits per heavy atom. The lowest BCUT2D eigenvalue weighted by Gasteiger charge is -2.38. The molecule has 5 heteroatoms.